The molecule has 3 aromatic carbocycles. The number of aromatic nitrogens is 3. The second kappa shape index (κ2) is 12.6. The van der Waals surface area contributed by atoms with Gasteiger partial charge in [0.2, 0.25) is 0 Å². The Morgan fingerprint density at radius 2 is 1.56 bits per heavy atom. The molecule has 3 heterocycles. The number of ether oxygens (including phenoxy) is 3. The standard InChI is InChI=1S/C32H35Cl2N5O4/c1-3-14-39-31(40)38(22-35-39)26-7-5-24(6-8-26)36-15-17-37(18-16-36)25-9-11-27(12-10-25)41-20-28-21-42-32(2,43-28)29-13-4-23(33)19-30(29)34/h4-13,19,22,28H,3,14-18,20-21H2,1-2H3/t28-,32-/m0/s1. The molecule has 0 spiro atoms. The van der Waals surface area contributed by atoms with Crippen LogP contribution in [0, 0.1) is 0 Å². The summed E-state index contributed by atoms with van der Waals surface area (Å²) in [7, 11) is 0. The second-order valence-corrected chi connectivity index (χ2v) is 11.8. The smallest absolute Gasteiger partial charge is 0.350 e. The van der Waals surface area contributed by atoms with Crippen LogP contribution in [0.1, 0.15) is 25.8 Å². The van der Waals surface area contributed by atoms with E-state index in [1.54, 1.807) is 23.0 Å². The first-order valence-electron chi connectivity index (χ1n) is 14.6. The number of rotatable bonds is 9. The summed E-state index contributed by atoms with van der Waals surface area (Å²) in [4.78, 5) is 17.3. The van der Waals surface area contributed by atoms with Crippen LogP contribution in [0.5, 0.6) is 5.75 Å². The summed E-state index contributed by atoms with van der Waals surface area (Å²) in [6, 6.07) is 21.6. The molecule has 0 N–H and O–H groups in total. The molecule has 2 saturated heterocycles. The summed E-state index contributed by atoms with van der Waals surface area (Å²) in [6.07, 6.45) is 2.24. The first kappa shape index (κ1) is 29.6. The van der Waals surface area contributed by atoms with E-state index in [1.165, 1.54) is 4.68 Å². The Bertz CT molecular complexity index is 1600. The summed E-state index contributed by atoms with van der Waals surface area (Å²) >= 11 is 12.4. The van der Waals surface area contributed by atoms with Gasteiger partial charge in [-0.3, -0.25) is 0 Å². The Hall–Kier alpha value is -3.50. The van der Waals surface area contributed by atoms with Crippen molar-refractivity contribution in [3.05, 3.63) is 99.2 Å². The minimum Gasteiger partial charge on any atom is -0.491 e. The Morgan fingerprint density at radius 1 is 0.930 bits per heavy atom. The molecule has 0 amide bonds. The van der Waals surface area contributed by atoms with Crippen LogP contribution >= 0.6 is 23.2 Å². The van der Waals surface area contributed by atoms with Gasteiger partial charge in [-0.2, -0.15) is 5.10 Å². The van der Waals surface area contributed by atoms with E-state index in [0.717, 1.165) is 61.0 Å². The highest BCUT2D eigenvalue weighted by Crippen LogP contribution is 2.38. The molecule has 43 heavy (non-hydrogen) atoms. The second-order valence-electron chi connectivity index (χ2n) is 10.9. The van der Waals surface area contributed by atoms with Gasteiger partial charge in [0.15, 0.2) is 5.79 Å². The maximum atomic E-state index is 12.5. The van der Waals surface area contributed by atoms with E-state index in [2.05, 4.69) is 39.2 Å². The van der Waals surface area contributed by atoms with Crippen LogP contribution in [0.15, 0.2) is 77.9 Å². The van der Waals surface area contributed by atoms with Crippen LogP contribution in [0.3, 0.4) is 0 Å². The Labute approximate surface area is 261 Å². The summed E-state index contributed by atoms with van der Waals surface area (Å²) in [5.41, 5.74) is 3.77. The zero-order chi connectivity index (χ0) is 30.0. The van der Waals surface area contributed by atoms with E-state index in [-0.39, 0.29) is 11.8 Å². The lowest BCUT2D eigenvalue weighted by Crippen LogP contribution is -2.46. The highest BCUT2D eigenvalue weighted by molar-refractivity contribution is 6.35. The fourth-order valence-corrected chi connectivity index (χ4v) is 6.17. The quantitative estimate of drug-likeness (QED) is 0.235. The largest absolute Gasteiger partial charge is 0.491 e. The zero-order valence-electron chi connectivity index (χ0n) is 24.3. The van der Waals surface area contributed by atoms with E-state index >= 15 is 0 Å². The third-order valence-electron chi connectivity index (χ3n) is 7.94. The van der Waals surface area contributed by atoms with Gasteiger partial charge in [-0.25, -0.2) is 14.0 Å². The molecule has 0 saturated carbocycles. The van der Waals surface area contributed by atoms with Gasteiger partial charge in [-0.05, 0) is 74.0 Å². The summed E-state index contributed by atoms with van der Waals surface area (Å²) in [5, 5.41) is 5.29. The fraction of sp³-hybridized carbons (Fsp3) is 0.375. The molecular formula is C32H35Cl2N5O4. The molecule has 2 aliphatic heterocycles. The highest BCUT2D eigenvalue weighted by Gasteiger charge is 2.40. The third kappa shape index (κ3) is 6.40. The molecule has 6 rings (SSSR count). The van der Waals surface area contributed by atoms with E-state index < -0.39 is 5.79 Å². The molecule has 226 valence electrons. The predicted octanol–water partition coefficient (Wildman–Crippen LogP) is 5.74. The molecule has 11 heteroatoms. The minimum atomic E-state index is -0.943. The zero-order valence-corrected chi connectivity index (χ0v) is 25.8. The van der Waals surface area contributed by atoms with Crippen molar-refractivity contribution in [2.24, 2.45) is 0 Å². The molecule has 2 aliphatic rings. The van der Waals surface area contributed by atoms with E-state index in [4.69, 9.17) is 37.4 Å². The molecule has 1 aromatic heterocycles. The predicted molar refractivity (Wildman–Crippen MR) is 169 cm³/mol. The monoisotopic (exact) mass is 623 g/mol. The van der Waals surface area contributed by atoms with Gasteiger partial charge in [-0.15, -0.1) is 0 Å². The van der Waals surface area contributed by atoms with Crippen LogP contribution in [-0.2, 0) is 21.8 Å². The molecule has 9 nitrogen and oxygen atoms in total. The highest BCUT2D eigenvalue weighted by atomic mass is 35.5. The van der Waals surface area contributed by atoms with Crippen LogP contribution in [0.25, 0.3) is 5.69 Å². The first-order valence-corrected chi connectivity index (χ1v) is 15.3. The topological polar surface area (TPSA) is 74.0 Å². The van der Waals surface area contributed by atoms with Crippen LogP contribution in [0.4, 0.5) is 11.4 Å². The first-order chi connectivity index (χ1) is 20.8. The maximum Gasteiger partial charge on any atom is 0.350 e. The van der Waals surface area contributed by atoms with Crippen molar-refractivity contribution in [2.45, 2.75) is 38.7 Å². The number of piperazine rings is 1. The minimum absolute atomic E-state index is 0.108. The molecule has 0 radical (unpaired) electrons. The molecule has 0 bridgehead atoms. The lowest BCUT2D eigenvalue weighted by Gasteiger charge is -2.37. The normalized spacial score (nSPS) is 20.5. The number of hydrogen-bond acceptors (Lipinski definition) is 7. The SMILES string of the molecule is CCCn1ncn(-c2ccc(N3CCN(c4ccc(OC[C@H]5CO[C@](C)(c6ccc(Cl)cc6Cl)O5)cc4)CC3)cc2)c1=O. The summed E-state index contributed by atoms with van der Waals surface area (Å²) < 4.78 is 21.3. The van der Waals surface area contributed by atoms with Crippen molar-refractivity contribution in [1.82, 2.24) is 14.3 Å². The Morgan fingerprint density at radius 3 is 2.19 bits per heavy atom. The fourth-order valence-electron chi connectivity index (χ4n) is 5.59. The Kier molecular flexibility index (Phi) is 8.68. The molecule has 0 unspecified atom stereocenters. The lowest BCUT2D eigenvalue weighted by atomic mass is 10.1. The number of anilines is 2. The average Bonchev–Trinajstić information content (AvgIpc) is 3.59. The van der Waals surface area contributed by atoms with Gasteiger partial charge in [0.25, 0.3) is 0 Å². The van der Waals surface area contributed by atoms with Crippen molar-refractivity contribution in [2.75, 3.05) is 49.2 Å². The van der Waals surface area contributed by atoms with Gasteiger partial charge < -0.3 is 24.0 Å². The number of nitrogens with zero attached hydrogens (tertiary/aromatic N) is 5. The number of aryl methyl sites for hydroxylation is 1. The summed E-state index contributed by atoms with van der Waals surface area (Å²) in [6.45, 7) is 8.91. The van der Waals surface area contributed by atoms with Gasteiger partial charge >= 0.3 is 5.69 Å². The van der Waals surface area contributed by atoms with Crippen molar-refractivity contribution in [3.63, 3.8) is 0 Å². The van der Waals surface area contributed by atoms with E-state index in [9.17, 15) is 4.79 Å². The number of halogens is 2. The van der Waals surface area contributed by atoms with Crippen molar-refractivity contribution in [1.29, 1.82) is 0 Å². The van der Waals surface area contributed by atoms with Gasteiger partial charge in [0, 0.05) is 54.7 Å². The van der Waals surface area contributed by atoms with E-state index in [0.29, 0.717) is 29.8 Å². The molecule has 2 fully saturated rings. The Balaban J connectivity index is 0.988. The van der Waals surface area contributed by atoms with E-state index in [1.807, 2.05) is 44.2 Å². The van der Waals surface area contributed by atoms with Crippen molar-refractivity contribution in [3.8, 4) is 11.4 Å². The van der Waals surface area contributed by atoms with Gasteiger partial charge in [0.05, 0.1) is 17.3 Å². The van der Waals surface area contributed by atoms with Crippen LogP contribution in [0.2, 0.25) is 10.0 Å². The van der Waals surface area contributed by atoms with Gasteiger partial charge in [-0.1, -0.05) is 36.2 Å². The lowest BCUT2D eigenvalue weighted by molar-refractivity contribution is -0.164. The van der Waals surface area contributed by atoms with Gasteiger partial charge in [0.1, 0.15) is 24.8 Å². The maximum absolute atomic E-state index is 12.5. The number of benzene rings is 3. The molecule has 0 aliphatic carbocycles. The third-order valence-corrected chi connectivity index (χ3v) is 8.48. The van der Waals surface area contributed by atoms with Crippen LogP contribution < -0.4 is 20.2 Å². The molecule has 2 atom stereocenters. The van der Waals surface area contributed by atoms with Crippen molar-refractivity contribution < 1.29 is 14.2 Å². The van der Waals surface area contributed by atoms with Crippen LogP contribution in [-0.4, -0.2) is 59.8 Å². The van der Waals surface area contributed by atoms with Crippen molar-refractivity contribution >= 4 is 34.6 Å². The molecule has 4 aromatic rings. The molecular weight excluding hydrogens is 589 g/mol. The average molecular weight is 625 g/mol. The number of hydrogen-bond donors (Lipinski definition) is 0. The summed E-state index contributed by atoms with van der Waals surface area (Å²) in [5.74, 6) is -0.162.